The Hall–Kier alpha value is -0.740. The Balaban J connectivity index is 1.84. The van der Waals surface area contributed by atoms with Crippen LogP contribution in [0.4, 0.5) is 5.69 Å². The lowest BCUT2D eigenvalue weighted by Gasteiger charge is -2.16. The van der Waals surface area contributed by atoms with Gasteiger partial charge in [-0.1, -0.05) is 12.1 Å². The third-order valence-corrected chi connectivity index (χ3v) is 6.18. The van der Waals surface area contributed by atoms with Gasteiger partial charge in [-0.05, 0) is 37.2 Å². The summed E-state index contributed by atoms with van der Waals surface area (Å²) >= 11 is 7.99. The van der Waals surface area contributed by atoms with Crippen molar-refractivity contribution in [1.82, 2.24) is 0 Å². The van der Waals surface area contributed by atoms with Crippen molar-refractivity contribution in [3.05, 3.63) is 34.4 Å². The van der Waals surface area contributed by atoms with E-state index in [-0.39, 0.29) is 16.0 Å². The van der Waals surface area contributed by atoms with E-state index in [1.165, 1.54) is 12.8 Å². The van der Waals surface area contributed by atoms with Gasteiger partial charge in [0.15, 0.2) is 0 Å². The molecule has 4 atom stereocenters. The quantitative estimate of drug-likeness (QED) is 0.477. The van der Waals surface area contributed by atoms with Gasteiger partial charge in [0.1, 0.15) is 0 Å². The van der Waals surface area contributed by atoms with E-state index in [4.69, 9.17) is 11.6 Å². The fraction of sp³-hybridized carbons (Fsp3) is 0.538. The summed E-state index contributed by atoms with van der Waals surface area (Å²) in [6.45, 7) is 0. The first kappa shape index (κ1) is 12.3. The highest BCUT2D eigenvalue weighted by molar-refractivity contribution is 8.00. The molecule has 96 valence electrons. The number of thioether (sulfide) groups is 1. The molecule has 0 aliphatic heterocycles. The fourth-order valence-electron chi connectivity index (χ4n) is 3.23. The number of fused-ring (bicyclic) bond motifs is 2. The molecule has 0 spiro atoms. The van der Waals surface area contributed by atoms with E-state index in [9.17, 15) is 10.1 Å². The number of para-hydroxylation sites is 1. The number of benzene rings is 1. The molecule has 0 N–H and O–H groups in total. The SMILES string of the molecule is O=[N+]([O-])c1ccccc1SC1C2CCC1C(Cl)C2. The van der Waals surface area contributed by atoms with E-state index in [1.54, 1.807) is 23.9 Å². The van der Waals surface area contributed by atoms with E-state index < -0.39 is 0 Å². The topological polar surface area (TPSA) is 43.1 Å². The van der Waals surface area contributed by atoms with Crippen LogP contribution in [-0.4, -0.2) is 15.6 Å². The van der Waals surface area contributed by atoms with Gasteiger partial charge in [0.2, 0.25) is 0 Å². The largest absolute Gasteiger partial charge is 0.282 e. The zero-order valence-electron chi connectivity index (χ0n) is 9.79. The van der Waals surface area contributed by atoms with Gasteiger partial charge in [-0.2, -0.15) is 0 Å². The lowest BCUT2D eigenvalue weighted by atomic mass is 10.0. The lowest BCUT2D eigenvalue weighted by Crippen LogP contribution is -2.13. The highest BCUT2D eigenvalue weighted by Crippen LogP contribution is 2.54. The zero-order valence-corrected chi connectivity index (χ0v) is 11.4. The van der Waals surface area contributed by atoms with E-state index in [1.807, 2.05) is 12.1 Å². The van der Waals surface area contributed by atoms with Crippen molar-refractivity contribution in [1.29, 1.82) is 0 Å². The third-order valence-electron chi connectivity index (χ3n) is 4.07. The van der Waals surface area contributed by atoms with Gasteiger partial charge in [0, 0.05) is 16.7 Å². The van der Waals surface area contributed by atoms with E-state index >= 15 is 0 Å². The van der Waals surface area contributed by atoms with Crippen LogP contribution >= 0.6 is 23.4 Å². The standard InChI is InChI=1S/C13H14ClNO2S/c14-10-7-8-5-6-9(10)13(8)18-12-4-2-1-3-11(12)15(16)17/h1-4,8-10,13H,5-7H2. The molecule has 2 saturated carbocycles. The molecule has 18 heavy (non-hydrogen) atoms. The van der Waals surface area contributed by atoms with E-state index in [0.717, 1.165) is 11.3 Å². The number of nitro groups is 1. The molecule has 2 bridgehead atoms. The van der Waals surface area contributed by atoms with Crippen LogP contribution in [0.25, 0.3) is 0 Å². The summed E-state index contributed by atoms with van der Waals surface area (Å²) < 4.78 is 0. The molecule has 0 saturated heterocycles. The molecule has 0 amide bonds. The Morgan fingerprint density at radius 1 is 1.33 bits per heavy atom. The summed E-state index contributed by atoms with van der Waals surface area (Å²) in [4.78, 5) is 11.5. The summed E-state index contributed by atoms with van der Waals surface area (Å²) in [5, 5.41) is 11.7. The van der Waals surface area contributed by atoms with Gasteiger partial charge >= 0.3 is 0 Å². The minimum atomic E-state index is -0.294. The van der Waals surface area contributed by atoms with Crippen LogP contribution in [0.2, 0.25) is 0 Å². The number of rotatable bonds is 3. The van der Waals surface area contributed by atoms with Crippen molar-refractivity contribution >= 4 is 29.1 Å². The lowest BCUT2D eigenvalue weighted by molar-refractivity contribution is -0.387. The number of halogens is 1. The van der Waals surface area contributed by atoms with Crippen LogP contribution < -0.4 is 0 Å². The number of hydrogen-bond acceptors (Lipinski definition) is 3. The monoisotopic (exact) mass is 283 g/mol. The van der Waals surface area contributed by atoms with Crippen molar-refractivity contribution in [3.8, 4) is 0 Å². The highest BCUT2D eigenvalue weighted by Gasteiger charge is 2.48. The first-order valence-electron chi connectivity index (χ1n) is 6.21. The Kier molecular flexibility index (Phi) is 3.24. The Morgan fingerprint density at radius 3 is 2.72 bits per heavy atom. The summed E-state index contributed by atoms with van der Waals surface area (Å²) in [7, 11) is 0. The molecule has 2 aliphatic carbocycles. The average molecular weight is 284 g/mol. The van der Waals surface area contributed by atoms with Gasteiger partial charge in [0.25, 0.3) is 5.69 Å². The van der Waals surface area contributed by atoms with Crippen molar-refractivity contribution < 1.29 is 4.92 Å². The highest BCUT2D eigenvalue weighted by atomic mass is 35.5. The normalized spacial score (nSPS) is 33.8. The zero-order chi connectivity index (χ0) is 12.7. The van der Waals surface area contributed by atoms with Gasteiger partial charge < -0.3 is 0 Å². The molecule has 5 heteroatoms. The van der Waals surface area contributed by atoms with Gasteiger partial charge in [-0.3, -0.25) is 10.1 Å². The third kappa shape index (κ3) is 2.01. The summed E-state index contributed by atoms with van der Waals surface area (Å²) in [6, 6.07) is 7.02. The van der Waals surface area contributed by atoms with Gasteiger partial charge in [0.05, 0.1) is 9.82 Å². The molecular weight excluding hydrogens is 270 g/mol. The number of nitrogens with zero attached hydrogens (tertiary/aromatic N) is 1. The molecule has 2 aliphatic rings. The van der Waals surface area contributed by atoms with Crippen molar-refractivity contribution in [2.75, 3.05) is 0 Å². The Bertz CT molecular complexity index is 482. The molecule has 3 rings (SSSR count). The predicted molar refractivity (Wildman–Crippen MR) is 73.2 cm³/mol. The predicted octanol–water partition coefficient (Wildman–Crippen LogP) is 4.09. The maximum atomic E-state index is 11.0. The molecule has 0 radical (unpaired) electrons. The van der Waals surface area contributed by atoms with Crippen LogP contribution in [0.3, 0.4) is 0 Å². The van der Waals surface area contributed by atoms with Crippen molar-refractivity contribution in [2.45, 2.75) is 34.8 Å². The number of nitro benzene ring substituents is 1. The first-order valence-corrected chi connectivity index (χ1v) is 7.52. The second-order valence-electron chi connectivity index (χ2n) is 5.06. The fourth-order valence-corrected chi connectivity index (χ4v) is 5.48. The van der Waals surface area contributed by atoms with Crippen LogP contribution in [0.5, 0.6) is 0 Å². The second kappa shape index (κ2) is 4.74. The second-order valence-corrected chi connectivity index (χ2v) is 6.84. The molecule has 0 heterocycles. The summed E-state index contributed by atoms with van der Waals surface area (Å²) in [5.41, 5.74) is 0.222. The molecule has 1 aromatic carbocycles. The number of alkyl halides is 1. The van der Waals surface area contributed by atoms with Crippen LogP contribution in [0.1, 0.15) is 19.3 Å². The van der Waals surface area contributed by atoms with Crippen molar-refractivity contribution in [3.63, 3.8) is 0 Å². The van der Waals surface area contributed by atoms with Gasteiger partial charge in [-0.25, -0.2) is 0 Å². The minimum absolute atomic E-state index is 0.222. The molecule has 1 aromatic rings. The summed E-state index contributed by atoms with van der Waals surface area (Å²) in [6.07, 6.45) is 3.48. The van der Waals surface area contributed by atoms with Crippen LogP contribution in [0, 0.1) is 22.0 Å². The first-order chi connectivity index (χ1) is 8.66. The number of hydrogen-bond donors (Lipinski definition) is 0. The average Bonchev–Trinajstić information content (AvgIpc) is 2.85. The molecule has 4 unspecified atom stereocenters. The van der Waals surface area contributed by atoms with Gasteiger partial charge in [-0.15, -0.1) is 23.4 Å². The minimum Gasteiger partial charge on any atom is -0.258 e. The summed E-state index contributed by atoms with van der Waals surface area (Å²) in [5.74, 6) is 1.17. The van der Waals surface area contributed by atoms with Crippen LogP contribution in [0.15, 0.2) is 29.2 Å². The maximum Gasteiger partial charge on any atom is 0.282 e. The maximum absolute atomic E-state index is 11.0. The Morgan fingerprint density at radius 2 is 2.11 bits per heavy atom. The van der Waals surface area contributed by atoms with Crippen LogP contribution in [-0.2, 0) is 0 Å². The molecular formula is C13H14ClNO2S. The smallest absolute Gasteiger partial charge is 0.258 e. The molecule has 2 fully saturated rings. The Labute approximate surface area is 115 Å². The van der Waals surface area contributed by atoms with Crippen molar-refractivity contribution in [2.24, 2.45) is 11.8 Å². The van der Waals surface area contributed by atoms with E-state index in [2.05, 4.69) is 0 Å². The molecule has 3 nitrogen and oxygen atoms in total. The molecule has 0 aromatic heterocycles. The van der Waals surface area contributed by atoms with E-state index in [0.29, 0.717) is 17.1 Å².